The van der Waals surface area contributed by atoms with Gasteiger partial charge in [0.1, 0.15) is 11.3 Å². The molecule has 1 aromatic carbocycles. The number of aliphatic hydroxyl groups is 1. The van der Waals surface area contributed by atoms with E-state index in [0.29, 0.717) is 18.8 Å². The smallest absolute Gasteiger partial charge is 0.325 e. The summed E-state index contributed by atoms with van der Waals surface area (Å²) in [6.45, 7) is 2.04. The molecule has 0 heterocycles. The number of hydrogen-bond donors (Lipinski definition) is 2. The summed E-state index contributed by atoms with van der Waals surface area (Å²) >= 11 is 0. The lowest BCUT2D eigenvalue weighted by atomic mass is 9.99. The topological polar surface area (TPSA) is 67.8 Å². The SMILES string of the molecule is CNC(C)(CCOc1ccccc1CO)C(=O)OC. The molecule has 0 aliphatic carbocycles. The van der Waals surface area contributed by atoms with Crippen LogP contribution in [0.2, 0.25) is 0 Å². The average Bonchev–Trinajstić information content (AvgIpc) is 2.46. The zero-order valence-corrected chi connectivity index (χ0v) is 11.6. The van der Waals surface area contributed by atoms with Crippen molar-refractivity contribution >= 4 is 5.97 Å². The minimum Gasteiger partial charge on any atom is -0.493 e. The van der Waals surface area contributed by atoms with E-state index in [-0.39, 0.29) is 12.6 Å². The number of methoxy groups -OCH3 is 1. The van der Waals surface area contributed by atoms with Crippen molar-refractivity contribution in [1.82, 2.24) is 5.32 Å². The molecule has 0 saturated carbocycles. The largest absolute Gasteiger partial charge is 0.493 e. The molecule has 0 spiro atoms. The normalized spacial score (nSPS) is 13.7. The third-order valence-electron chi connectivity index (χ3n) is 3.19. The van der Waals surface area contributed by atoms with E-state index in [1.54, 1.807) is 26.1 Å². The van der Waals surface area contributed by atoms with Gasteiger partial charge in [0.2, 0.25) is 0 Å². The van der Waals surface area contributed by atoms with Crippen LogP contribution < -0.4 is 10.1 Å². The number of nitrogens with one attached hydrogen (secondary N) is 1. The first-order valence-electron chi connectivity index (χ1n) is 6.16. The Kier molecular flexibility index (Phi) is 5.79. The van der Waals surface area contributed by atoms with Crippen LogP contribution in [0.25, 0.3) is 0 Å². The molecule has 0 radical (unpaired) electrons. The van der Waals surface area contributed by atoms with Crippen molar-refractivity contribution in [3.8, 4) is 5.75 Å². The van der Waals surface area contributed by atoms with Crippen LogP contribution in [0, 0.1) is 0 Å². The average molecular weight is 267 g/mol. The van der Waals surface area contributed by atoms with Gasteiger partial charge < -0.3 is 19.9 Å². The van der Waals surface area contributed by atoms with Crippen LogP contribution in [-0.4, -0.2) is 37.4 Å². The molecule has 0 bridgehead atoms. The number of para-hydroxylation sites is 1. The van der Waals surface area contributed by atoms with Crippen molar-refractivity contribution < 1.29 is 19.4 Å². The third-order valence-corrected chi connectivity index (χ3v) is 3.19. The van der Waals surface area contributed by atoms with E-state index in [9.17, 15) is 9.90 Å². The number of rotatable bonds is 7. The number of likely N-dealkylation sites (N-methyl/N-ethyl adjacent to an activating group) is 1. The minimum atomic E-state index is -0.775. The van der Waals surface area contributed by atoms with E-state index in [0.717, 1.165) is 5.56 Å². The van der Waals surface area contributed by atoms with Crippen molar-refractivity contribution in [3.63, 3.8) is 0 Å². The molecule has 5 heteroatoms. The molecule has 0 aliphatic heterocycles. The molecule has 1 aromatic rings. The maximum atomic E-state index is 11.6. The summed E-state index contributed by atoms with van der Waals surface area (Å²) in [7, 11) is 3.07. The number of esters is 1. The highest BCUT2D eigenvalue weighted by Crippen LogP contribution is 2.19. The van der Waals surface area contributed by atoms with Gasteiger partial charge >= 0.3 is 5.97 Å². The van der Waals surface area contributed by atoms with Crippen LogP contribution in [0.5, 0.6) is 5.75 Å². The lowest BCUT2D eigenvalue weighted by molar-refractivity contribution is -0.148. The number of benzene rings is 1. The molecule has 5 nitrogen and oxygen atoms in total. The molecule has 0 saturated heterocycles. The Morgan fingerprint density at radius 1 is 1.42 bits per heavy atom. The van der Waals surface area contributed by atoms with Gasteiger partial charge in [0, 0.05) is 12.0 Å². The van der Waals surface area contributed by atoms with Crippen LogP contribution in [-0.2, 0) is 16.1 Å². The fraction of sp³-hybridized carbons (Fsp3) is 0.500. The number of aliphatic hydroxyl groups excluding tert-OH is 1. The first kappa shape index (κ1) is 15.5. The van der Waals surface area contributed by atoms with Gasteiger partial charge in [-0.05, 0) is 20.0 Å². The van der Waals surface area contributed by atoms with Gasteiger partial charge in [-0.25, -0.2) is 0 Å². The molecule has 0 aromatic heterocycles. The monoisotopic (exact) mass is 267 g/mol. The lowest BCUT2D eigenvalue weighted by Crippen LogP contribution is -2.49. The lowest BCUT2D eigenvalue weighted by Gasteiger charge is -2.26. The second kappa shape index (κ2) is 7.11. The molecule has 0 amide bonds. The summed E-state index contributed by atoms with van der Waals surface area (Å²) in [5, 5.41) is 12.1. The quantitative estimate of drug-likeness (QED) is 0.724. The fourth-order valence-electron chi connectivity index (χ4n) is 1.69. The van der Waals surface area contributed by atoms with E-state index in [4.69, 9.17) is 9.47 Å². The Morgan fingerprint density at radius 2 is 2.11 bits per heavy atom. The highest BCUT2D eigenvalue weighted by molar-refractivity contribution is 5.80. The zero-order valence-electron chi connectivity index (χ0n) is 11.6. The number of hydrogen-bond acceptors (Lipinski definition) is 5. The predicted octanol–water partition coefficient (Wildman–Crippen LogP) is 1.10. The van der Waals surface area contributed by atoms with Gasteiger partial charge in [0.05, 0.1) is 20.3 Å². The minimum absolute atomic E-state index is 0.0729. The highest BCUT2D eigenvalue weighted by atomic mass is 16.5. The van der Waals surface area contributed by atoms with E-state index in [2.05, 4.69) is 5.32 Å². The first-order chi connectivity index (χ1) is 9.07. The van der Waals surface area contributed by atoms with Crippen molar-refractivity contribution in [2.24, 2.45) is 0 Å². The molecule has 106 valence electrons. The van der Waals surface area contributed by atoms with Crippen molar-refractivity contribution in [3.05, 3.63) is 29.8 Å². The summed E-state index contributed by atoms with van der Waals surface area (Å²) in [4.78, 5) is 11.6. The summed E-state index contributed by atoms with van der Waals surface area (Å²) in [5.74, 6) is 0.308. The van der Waals surface area contributed by atoms with E-state index in [1.165, 1.54) is 7.11 Å². The van der Waals surface area contributed by atoms with Gasteiger partial charge in [-0.2, -0.15) is 0 Å². The Bertz CT molecular complexity index is 422. The summed E-state index contributed by atoms with van der Waals surface area (Å²) in [6.07, 6.45) is 0.468. The van der Waals surface area contributed by atoms with Crippen LogP contribution in [0.3, 0.4) is 0 Å². The summed E-state index contributed by atoms with van der Waals surface area (Å²) in [6, 6.07) is 7.27. The van der Waals surface area contributed by atoms with Gasteiger partial charge in [-0.1, -0.05) is 18.2 Å². The zero-order chi connectivity index (χ0) is 14.3. The van der Waals surface area contributed by atoms with Crippen LogP contribution in [0.4, 0.5) is 0 Å². The molecular formula is C14H21NO4. The second-order valence-electron chi connectivity index (χ2n) is 4.44. The van der Waals surface area contributed by atoms with Crippen LogP contribution in [0.1, 0.15) is 18.9 Å². The fourth-order valence-corrected chi connectivity index (χ4v) is 1.69. The van der Waals surface area contributed by atoms with E-state index < -0.39 is 5.54 Å². The molecule has 1 unspecified atom stereocenters. The maximum Gasteiger partial charge on any atom is 0.325 e. The summed E-state index contributed by atoms with van der Waals surface area (Å²) in [5.41, 5.74) is -0.0464. The number of ether oxygens (including phenoxy) is 2. The van der Waals surface area contributed by atoms with E-state index in [1.807, 2.05) is 12.1 Å². The first-order valence-corrected chi connectivity index (χ1v) is 6.16. The maximum absolute atomic E-state index is 11.6. The molecule has 0 aliphatic rings. The Morgan fingerprint density at radius 3 is 2.68 bits per heavy atom. The molecule has 1 rings (SSSR count). The Hall–Kier alpha value is -1.59. The van der Waals surface area contributed by atoms with Crippen molar-refractivity contribution in [2.75, 3.05) is 20.8 Å². The van der Waals surface area contributed by atoms with Crippen molar-refractivity contribution in [2.45, 2.75) is 25.5 Å². The summed E-state index contributed by atoms with van der Waals surface area (Å²) < 4.78 is 10.4. The van der Waals surface area contributed by atoms with Gasteiger partial charge in [-0.3, -0.25) is 4.79 Å². The second-order valence-corrected chi connectivity index (χ2v) is 4.44. The van der Waals surface area contributed by atoms with Crippen LogP contribution in [0.15, 0.2) is 24.3 Å². The number of carbonyl (C=O) groups is 1. The molecule has 1 atom stereocenters. The van der Waals surface area contributed by atoms with Crippen molar-refractivity contribution in [1.29, 1.82) is 0 Å². The van der Waals surface area contributed by atoms with Gasteiger partial charge in [-0.15, -0.1) is 0 Å². The molecule has 19 heavy (non-hydrogen) atoms. The van der Waals surface area contributed by atoms with Gasteiger partial charge in [0.15, 0.2) is 0 Å². The van der Waals surface area contributed by atoms with Gasteiger partial charge in [0.25, 0.3) is 0 Å². The third kappa shape index (κ3) is 3.94. The van der Waals surface area contributed by atoms with Crippen LogP contribution >= 0.6 is 0 Å². The standard InChI is InChI=1S/C14H21NO4/c1-14(15-2,13(17)18-3)8-9-19-12-7-5-4-6-11(12)10-16/h4-7,15-16H,8-10H2,1-3H3. The predicted molar refractivity (Wildman–Crippen MR) is 72.0 cm³/mol. The highest BCUT2D eigenvalue weighted by Gasteiger charge is 2.32. The molecule has 2 N–H and O–H groups in total. The Balaban J connectivity index is 2.60. The molecule has 0 fully saturated rings. The Labute approximate surface area is 113 Å². The number of carbonyl (C=O) groups excluding carboxylic acids is 1. The van der Waals surface area contributed by atoms with E-state index >= 15 is 0 Å². The molecular weight excluding hydrogens is 246 g/mol.